The van der Waals surface area contributed by atoms with Crippen LogP contribution in [0.25, 0.3) is 5.69 Å². The molecule has 5 N–H and O–H groups in total. The third-order valence-electron chi connectivity index (χ3n) is 9.79. The summed E-state index contributed by atoms with van der Waals surface area (Å²) in [5.74, 6) is -4.23. The monoisotopic (exact) mass is 747 g/mol. The van der Waals surface area contributed by atoms with E-state index in [0.717, 1.165) is 28.7 Å². The highest BCUT2D eigenvalue weighted by Crippen LogP contribution is 2.40. The van der Waals surface area contributed by atoms with Gasteiger partial charge in [0, 0.05) is 62.1 Å². The van der Waals surface area contributed by atoms with E-state index in [0.29, 0.717) is 36.9 Å². The number of hydrogen-bond acceptors (Lipinski definition) is 8. The molecule has 1 aliphatic carbocycles. The Morgan fingerprint density at radius 1 is 1.06 bits per heavy atom. The molecule has 13 nitrogen and oxygen atoms in total. The maximum Gasteiger partial charge on any atom is 0.253 e. The van der Waals surface area contributed by atoms with Gasteiger partial charge in [-0.1, -0.05) is 57.5 Å². The minimum absolute atomic E-state index is 0.00703. The van der Waals surface area contributed by atoms with Crippen LogP contribution in [0.3, 0.4) is 0 Å². The molecule has 2 heterocycles. The van der Waals surface area contributed by atoms with Crippen molar-refractivity contribution in [3.8, 4) is 5.69 Å². The smallest absolute Gasteiger partial charge is 0.253 e. The van der Waals surface area contributed by atoms with Crippen LogP contribution in [-0.4, -0.2) is 92.5 Å². The summed E-state index contributed by atoms with van der Waals surface area (Å²) in [6, 6.07) is 10.1. The number of imide groups is 1. The molecule has 4 atom stereocenters. The van der Waals surface area contributed by atoms with Crippen LogP contribution in [0.2, 0.25) is 0 Å². The fraction of sp³-hybridized carbons (Fsp3) is 0.436. The van der Waals surface area contributed by atoms with Crippen molar-refractivity contribution in [1.82, 2.24) is 30.2 Å². The third kappa shape index (κ3) is 9.44. The van der Waals surface area contributed by atoms with Crippen LogP contribution in [0.5, 0.6) is 0 Å². The normalized spacial score (nSPS) is 18.2. The molecular formula is C39H47F2N7O6. The molecule has 0 bridgehead atoms. The average Bonchev–Trinajstić information content (AvgIpc) is 3.85. The van der Waals surface area contributed by atoms with Gasteiger partial charge < -0.3 is 26.4 Å². The molecule has 1 saturated carbocycles. The van der Waals surface area contributed by atoms with E-state index in [-0.39, 0.29) is 37.6 Å². The van der Waals surface area contributed by atoms with Gasteiger partial charge in [0.1, 0.15) is 23.9 Å². The summed E-state index contributed by atoms with van der Waals surface area (Å²) < 4.78 is 30.6. The van der Waals surface area contributed by atoms with Gasteiger partial charge in [-0.15, -0.1) is 0 Å². The Hall–Kier alpha value is -5.28. The molecule has 1 aromatic heterocycles. The number of aromatic nitrogens is 2. The van der Waals surface area contributed by atoms with Crippen LogP contribution in [0.4, 0.5) is 8.78 Å². The van der Waals surface area contributed by atoms with Gasteiger partial charge in [-0.25, -0.2) is 13.5 Å². The molecule has 2 aliphatic rings. The molecule has 15 heteroatoms. The van der Waals surface area contributed by atoms with Crippen LogP contribution >= 0.6 is 0 Å². The second kappa shape index (κ2) is 17.2. The topological polar surface area (TPSA) is 180 Å². The summed E-state index contributed by atoms with van der Waals surface area (Å²) in [7, 11) is 0. The summed E-state index contributed by atoms with van der Waals surface area (Å²) in [5, 5.41) is 20.5. The van der Waals surface area contributed by atoms with Crippen molar-refractivity contribution in [1.29, 1.82) is 0 Å². The largest absolute Gasteiger partial charge is 0.387 e. The lowest BCUT2D eigenvalue weighted by molar-refractivity contribution is -0.140. The lowest BCUT2D eigenvalue weighted by Gasteiger charge is -2.40. The first-order chi connectivity index (χ1) is 25.7. The van der Waals surface area contributed by atoms with Crippen LogP contribution in [-0.2, 0) is 30.4 Å². The van der Waals surface area contributed by atoms with E-state index >= 15 is 4.39 Å². The second-order valence-electron chi connectivity index (χ2n) is 14.8. The van der Waals surface area contributed by atoms with E-state index in [2.05, 4.69) is 10.6 Å². The van der Waals surface area contributed by atoms with Crippen molar-refractivity contribution in [2.75, 3.05) is 26.2 Å². The number of benzene rings is 2. The number of nitrogens with two attached hydrogens (primary N) is 1. The molecule has 2 aromatic carbocycles. The van der Waals surface area contributed by atoms with E-state index in [1.807, 2.05) is 51.1 Å². The van der Waals surface area contributed by atoms with Crippen LogP contribution in [0, 0.1) is 23.0 Å². The van der Waals surface area contributed by atoms with Crippen LogP contribution in [0.15, 0.2) is 66.9 Å². The summed E-state index contributed by atoms with van der Waals surface area (Å²) >= 11 is 0. The van der Waals surface area contributed by atoms with Gasteiger partial charge in [0.05, 0.1) is 23.7 Å². The Balaban J connectivity index is 1.32. The van der Waals surface area contributed by atoms with Gasteiger partial charge in [-0.3, -0.25) is 28.9 Å². The summed E-state index contributed by atoms with van der Waals surface area (Å²) in [6.45, 7) is 4.87. The molecule has 5 amide bonds. The fourth-order valence-electron chi connectivity index (χ4n) is 7.12. The Kier molecular flexibility index (Phi) is 12.7. The highest BCUT2D eigenvalue weighted by atomic mass is 19.1. The van der Waals surface area contributed by atoms with Crippen molar-refractivity contribution in [3.63, 3.8) is 0 Å². The molecule has 54 heavy (non-hydrogen) atoms. The number of nitrogens with one attached hydrogen (secondary N) is 2. The predicted octanol–water partition coefficient (Wildman–Crippen LogP) is 2.69. The molecule has 288 valence electrons. The number of aliphatic hydroxyl groups excluding tert-OH is 1. The zero-order valence-electron chi connectivity index (χ0n) is 30.6. The molecule has 0 radical (unpaired) electrons. The zero-order chi connectivity index (χ0) is 39.2. The zero-order valence-corrected chi connectivity index (χ0v) is 30.6. The highest BCUT2D eigenvalue weighted by molar-refractivity contribution is 6.12. The maximum absolute atomic E-state index is 15.0. The first kappa shape index (κ1) is 39.9. The maximum atomic E-state index is 15.0. The highest BCUT2D eigenvalue weighted by Gasteiger charge is 2.39. The van der Waals surface area contributed by atoms with E-state index < -0.39 is 71.3 Å². The third-order valence-corrected chi connectivity index (χ3v) is 9.79. The minimum Gasteiger partial charge on any atom is -0.387 e. The number of carbonyl (C=O) groups excluding carboxylic acids is 5. The second-order valence-corrected chi connectivity index (χ2v) is 14.8. The molecule has 1 fully saturated rings. The number of amides is 5. The predicted molar refractivity (Wildman–Crippen MR) is 194 cm³/mol. The lowest BCUT2D eigenvalue weighted by atomic mass is 9.81. The quantitative estimate of drug-likeness (QED) is 0.171. The van der Waals surface area contributed by atoms with Crippen molar-refractivity contribution in [3.05, 3.63) is 95.3 Å². The summed E-state index contributed by atoms with van der Waals surface area (Å²) in [5.41, 5.74) is 7.53. The number of aliphatic hydroxyl groups is 1. The fourth-order valence-corrected chi connectivity index (χ4v) is 7.12. The van der Waals surface area contributed by atoms with Crippen LogP contribution in [0.1, 0.15) is 69.3 Å². The summed E-state index contributed by atoms with van der Waals surface area (Å²) in [4.78, 5) is 66.0. The van der Waals surface area contributed by atoms with Crippen molar-refractivity contribution >= 4 is 29.5 Å². The minimum atomic E-state index is -1.09. The van der Waals surface area contributed by atoms with E-state index in [4.69, 9.17) is 10.8 Å². The first-order valence-corrected chi connectivity index (χ1v) is 18.0. The van der Waals surface area contributed by atoms with Crippen molar-refractivity contribution in [2.24, 2.45) is 17.1 Å². The Labute approximate surface area is 312 Å². The van der Waals surface area contributed by atoms with E-state index in [1.165, 1.54) is 21.7 Å². The van der Waals surface area contributed by atoms with Gasteiger partial charge in [0.15, 0.2) is 0 Å². The molecular weight excluding hydrogens is 700 g/mol. The molecule has 3 aromatic rings. The average molecular weight is 748 g/mol. The van der Waals surface area contributed by atoms with Gasteiger partial charge in [-0.05, 0) is 42.4 Å². The molecule has 0 unspecified atom stereocenters. The SMILES string of the molecule is CC(C)(C)[C@H](c1nn(-c2cc(F)ccc2F)cc1Cc1ccccc1)N(CC[C@H](N)C(=O)N[C@H]1CCC[C@H]1C(=O)NCCN1C(=O)C=CC1=O)C(=O)CO. The Morgan fingerprint density at radius 2 is 1.76 bits per heavy atom. The number of halogens is 2. The van der Waals surface area contributed by atoms with E-state index in [1.54, 1.807) is 6.20 Å². The molecule has 0 spiro atoms. The molecule has 1 aliphatic heterocycles. The van der Waals surface area contributed by atoms with E-state index in [9.17, 15) is 33.5 Å². The lowest BCUT2D eigenvalue weighted by Crippen LogP contribution is -2.51. The van der Waals surface area contributed by atoms with Crippen molar-refractivity contribution < 1.29 is 37.9 Å². The Bertz CT molecular complexity index is 1880. The number of rotatable bonds is 15. The summed E-state index contributed by atoms with van der Waals surface area (Å²) in [6.07, 6.45) is 6.06. The number of hydrogen-bond donors (Lipinski definition) is 4. The molecule has 0 saturated heterocycles. The number of carbonyl (C=O) groups is 5. The van der Waals surface area contributed by atoms with Gasteiger partial charge in [0.25, 0.3) is 11.8 Å². The van der Waals surface area contributed by atoms with Gasteiger partial charge in [-0.2, -0.15) is 5.10 Å². The van der Waals surface area contributed by atoms with Gasteiger partial charge >= 0.3 is 0 Å². The Morgan fingerprint density at radius 3 is 2.43 bits per heavy atom. The molecule has 5 rings (SSSR count). The number of nitrogens with zero attached hydrogens (tertiary/aromatic N) is 4. The van der Waals surface area contributed by atoms with Gasteiger partial charge in [0.2, 0.25) is 17.7 Å². The van der Waals surface area contributed by atoms with Crippen molar-refractivity contribution in [2.45, 2.75) is 71.0 Å². The van der Waals surface area contributed by atoms with Crippen LogP contribution < -0.4 is 16.4 Å². The standard InChI is InChI=1S/C39H47F2N7O6/c1-39(2,3)36(35-25(20-24-8-5-4-6-9-24)22-48(45-35)31-21-26(40)12-13-28(31)41)47(34(52)23-49)18-16-29(42)38(54)44-30-11-7-10-27(30)37(53)43-17-19-46-32(50)14-15-33(46)51/h4-6,8-9,12-15,21-22,27,29-30,36,49H,7,10-11,16-20,23,42H2,1-3H3,(H,43,53)(H,44,54)/t27-,29+,30+,36+/m1/s1. The first-order valence-electron chi connectivity index (χ1n) is 18.0.